The molecule has 0 spiro atoms. The van der Waals surface area contributed by atoms with Crippen LogP contribution in [-0.2, 0) is 13.0 Å². The van der Waals surface area contributed by atoms with Crippen molar-refractivity contribution in [1.82, 2.24) is 29.9 Å². The van der Waals surface area contributed by atoms with E-state index >= 15 is 0 Å². The normalized spacial score (nSPS) is 15.9. The first-order chi connectivity index (χ1) is 13.4. The van der Waals surface area contributed by atoms with E-state index in [2.05, 4.69) is 57.9 Å². The molecule has 4 rings (SSSR count). The molecule has 8 nitrogen and oxygen atoms in total. The van der Waals surface area contributed by atoms with Gasteiger partial charge >= 0.3 is 6.03 Å². The van der Waals surface area contributed by atoms with E-state index in [1.807, 2.05) is 29.3 Å². The second kappa shape index (κ2) is 7.10. The topological polar surface area (TPSA) is 89.7 Å². The first-order valence-electron chi connectivity index (χ1n) is 9.50. The molecule has 2 N–H and O–H groups in total. The van der Waals surface area contributed by atoms with Crippen molar-refractivity contribution in [2.45, 2.75) is 53.1 Å². The van der Waals surface area contributed by atoms with Crippen molar-refractivity contribution >= 4 is 11.8 Å². The van der Waals surface area contributed by atoms with Gasteiger partial charge in [-0.25, -0.2) is 19.1 Å². The van der Waals surface area contributed by atoms with Crippen LogP contribution in [0.4, 0.5) is 10.6 Å². The number of carbonyl (C=O) groups excluding carboxylic acids is 1. The summed E-state index contributed by atoms with van der Waals surface area (Å²) in [5.74, 6) is 2.29. The number of aryl methyl sites for hydroxylation is 5. The predicted octanol–water partition coefficient (Wildman–Crippen LogP) is 2.83. The quantitative estimate of drug-likeness (QED) is 0.732. The summed E-state index contributed by atoms with van der Waals surface area (Å²) in [6.45, 7) is 8.63. The van der Waals surface area contributed by atoms with Gasteiger partial charge in [-0.1, -0.05) is 6.07 Å². The first-order valence-corrected chi connectivity index (χ1v) is 9.50. The maximum absolute atomic E-state index is 12.4. The van der Waals surface area contributed by atoms with Crippen molar-refractivity contribution in [3.05, 3.63) is 52.7 Å². The van der Waals surface area contributed by atoms with Crippen LogP contribution in [0.2, 0.25) is 0 Å². The summed E-state index contributed by atoms with van der Waals surface area (Å²) in [5, 5.41) is 14.8. The van der Waals surface area contributed by atoms with Gasteiger partial charge in [-0.15, -0.1) is 5.10 Å². The lowest BCUT2D eigenvalue weighted by Crippen LogP contribution is -2.43. The fraction of sp³-hybridized carbons (Fsp3) is 0.400. The lowest BCUT2D eigenvalue weighted by Gasteiger charge is -2.23. The van der Waals surface area contributed by atoms with E-state index in [1.165, 1.54) is 11.1 Å². The molecule has 8 heteroatoms. The second-order valence-corrected chi connectivity index (χ2v) is 7.52. The smallest absolute Gasteiger partial charge is 0.320 e. The zero-order chi connectivity index (χ0) is 19.8. The van der Waals surface area contributed by atoms with Crippen LogP contribution in [0, 0.1) is 27.7 Å². The number of fused-ring (bicyclic) bond motifs is 1. The van der Waals surface area contributed by atoms with Crippen molar-refractivity contribution in [3.8, 4) is 5.69 Å². The van der Waals surface area contributed by atoms with Gasteiger partial charge in [-0.2, -0.15) is 5.10 Å². The van der Waals surface area contributed by atoms with E-state index in [-0.39, 0.29) is 12.1 Å². The molecule has 3 aromatic rings. The summed E-state index contributed by atoms with van der Waals surface area (Å²) >= 11 is 0. The van der Waals surface area contributed by atoms with Gasteiger partial charge < -0.3 is 5.32 Å². The average molecular weight is 379 g/mol. The highest BCUT2D eigenvalue weighted by Gasteiger charge is 2.22. The van der Waals surface area contributed by atoms with Crippen LogP contribution < -0.4 is 10.6 Å². The molecule has 0 saturated carbocycles. The van der Waals surface area contributed by atoms with Crippen molar-refractivity contribution in [2.24, 2.45) is 0 Å². The summed E-state index contributed by atoms with van der Waals surface area (Å²) in [6, 6.07) is 7.93. The van der Waals surface area contributed by atoms with Crippen LogP contribution in [0.5, 0.6) is 0 Å². The molecule has 0 saturated heterocycles. The van der Waals surface area contributed by atoms with Crippen LogP contribution >= 0.6 is 0 Å². The number of amides is 2. The molecule has 2 aromatic heterocycles. The van der Waals surface area contributed by atoms with Gasteiger partial charge in [-0.3, -0.25) is 5.32 Å². The number of nitrogens with zero attached hydrogens (tertiary/aromatic N) is 5. The molecule has 1 aliphatic heterocycles. The Labute approximate surface area is 164 Å². The monoisotopic (exact) mass is 379 g/mol. The molecule has 0 fully saturated rings. The Kier molecular flexibility index (Phi) is 4.62. The molecule has 1 atom stereocenters. The number of anilines is 1. The molecule has 28 heavy (non-hydrogen) atoms. The Bertz CT molecular complexity index is 1010. The van der Waals surface area contributed by atoms with Gasteiger partial charge in [0.2, 0.25) is 0 Å². The van der Waals surface area contributed by atoms with Gasteiger partial charge in [0.15, 0.2) is 5.82 Å². The minimum atomic E-state index is -0.254. The molecule has 0 aliphatic carbocycles. The van der Waals surface area contributed by atoms with E-state index < -0.39 is 0 Å². The minimum Gasteiger partial charge on any atom is -0.333 e. The van der Waals surface area contributed by atoms with E-state index in [0.717, 1.165) is 35.9 Å². The highest BCUT2D eigenvalue weighted by atomic mass is 16.2. The first kappa shape index (κ1) is 18.2. The highest BCUT2D eigenvalue weighted by Crippen LogP contribution is 2.18. The molecule has 1 unspecified atom stereocenters. The number of hydrogen-bond acceptors (Lipinski definition) is 4. The number of benzene rings is 1. The lowest BCUT2D eigenvalue weighted by molar-refractivity contribution is 0.243. The van der Waals surface area contributed by atoms with Gasteiger partial charge in [-0.05, 0) is 57.4 Å². The second-order valence-electron chi connectivity index (χ2n) is 7.52. The van der Waals surface area contributed by atoms with Gasteiger partial charge in [0.25, 0.3) is 0 Å². The maximum Gasteiger partial charge on any atom is 0.320 e. The Morgan fingerprint density at radius 1 is 1.07 bits per heavy atom. The van der Waals surface area contributed by atoms with Gasteiger partial charge in [0, 0.05) is 18.2 Å². The third kappa shape index (κ3) is 3.76. The third-order valence-electron chi connectivity index (χ3n) is 4.88. The summed E-state index contributed by atoms with van der Waals surface area (Å²) in [7, 11) is 0. The number of carbonyl (C=O) groups is 1. The number of rotatable bonds is 3. The van der Waals surface area contributed by atoms with E-state index in [0.29, 0.717) is 12.4 Å². The predicted molar refractivity (Wildman–Crippen MR) is 107 cm³/mol. The molecular formula is C20H25N7O. The summed E-state index contributed by atoms with van der Waals surface area (Å²) in [6.07, 6.45) is 1.66. The number of hydrogen-bond donors (Lipinski definition) is 2. The van der Waals surface area contributed by atoms with Crippen molar-refractivity contribution in [2.75, 3.05) is 5.32 Å². The Balaban J connectivity index is 1.43. The van der Waals surface area contributed by atoms with Crippen molar-refractivity contribution in [1.29, 1.82) is 0 Å². The third-order valence-corrected chi connectivity index (χ3v) is 4.88. The van der Waals surface area contributed by atoms with Crippen molar-refractivity contribution in [3.63, 3.8) is 0 Å². The Morgan fingerprint density at radius 2 is 1.82 bits per heavy atom. The van der Waals surface area contributed by atoms with Crippen LogP contribution in [0.1, 0.15) is 34.9 Å². The van der Waals surface area contributed by atoms with E-state index in [9.17, 15) is 4.79 Å². The van der Waals surface area contributed by atoms with Gasteiger partial charge in [0.1, 0.15) is 11.6 Å². The van der Waals surface area contributed by atoms with Gasteiger partial charge in [0.05, 0.1) is 18.3 Å². The standard InChI is InChI=1S/C20H25N7O/c1-12-7-13(2)9-17(8-12)27-14(3)10-18(25-27)23-20(28)22-16-5-6-19-21-15(4)24-26(19)11-16/h7-10,16H,5-6,11H2,1-4H3,(H2,22,23,25,28). The molecule has 2 amide bonds. The van der Waals surface area contributed by atoms with Crippen LogP contribution in [-0.4, -0.2) is 36.6 Å². The summed E-state index contributed by atoms with van der Waals surface area (Å²) in [5.41, 5.74) is 4.31. The lowest BCUT2D eigenvalue weighted by atomic mass is 10.1. The van der Waals surface area contributed by atoms with Crippen molar-refractivity contribution < 1.29 is 4.79 Å². The largest absolute Gasteiger partial charge is 0.333 e. The highest BCUT2D eigenvalue weighted by molar-refractivity contribution is 5.88. The average Bonchev–Trinajstić information content (AvgIpc) is 3.14. The molecular weight excluding hydrogens is 354 g/mol. The Hall–Kier alpha value is -3.16. The fourth-order valence-corrected chi connectivity index (χ4v) is 3.76. The summed E-state index contributed by atoms with van der Waals surface area (Å²) < 4.78 is 3.73. The summed E-state index contributed by atoms with van der Waals surface area (Å²) in [4.78, 5) is 16.8. The van der Waals surface area contributed by atoms with Crippen LogP contribution in [0.15, 0.2) is 24.3 Å². The molecule has 1 aliphatic rings. The molecule has 3 heterocycles. The molecule has 0 radical (unpaired) electrons. The number of urea groups is 1. The van der Waals surface area contributed by atoms with E-state index in [1.54, 1.807) is 0 Å². The maximum atomic E-state index is 12.4. The number of aromatic nitrogens is 5. The van der Waals surface area contributed by atoms with E-state index in [4.69, 9.17) is 0 Å². The molecule has 146 valence electrons. The van der Waals surface area contributed by atoms with Crippen LogP contribution in [0.25, 0.3) is 5.69 Å². The Morgan fingerprint density at radius 3 is 2.57 bits per heavy atom. The fourth-order valence-electron chi connectivity index (χ4n) is 3.76. The zero-order valence-electron chi connectivity index (χ0n) is 16.7. The minimum absolute atomic E-state index is 0.0243. The SMILES string of the molecule is Cc1cc(C)cc(-n2nc(NC(=O)NC3CCc4nc(C)nn4C3)cc2C)c1. The molecule has 0 bridgehead atoms. The van der Waals surface area contributed by atoms with Crippen LogP contribution in [0.3, 0.4) is 0 Å². The molecule has 1 aromatic carbocycles. The number of nitrogens with one attached hydrogen (secondary N) is 2. The zero-order valence-corrected chi connectivity index (χ0v) is 16.7.